The van der Waals surface area contributed by atoms with Crippen molar-refractivity contribution in [1.29, 1.82) is 0 Å². The molecule has 0 aromatic carbocycles. The maximum atomic E-state index is 10.9. The lowest BCUT2D eigenvalue weighted by molar-refractivity contribution is 0.232. The summed E-state index contributed by atoms with van der Waals surface area (Å²) in [5, 5.41) is 8.71. The largest absolute Gasteiger partial charge is 0.341 e. The molecule has 1 aliphatic heterocycles. The Balaban J connectivity index is 2.27. The summed E-state index contributed by atoms with van der Waals surface area (Å²) >= 11 is 0. The van der Waals surface area contributed by atoms with Crippen LogP contribution < -0.4 is 16.0 Å². The number of nitrogens with one attached hydrogen (secondary N) is 3. The number of amides is 2. The van der Waals surface area contributed by atoms with E-state index in [1.54, 1.807) is 7.05 Å². The predicted octanol–water partition coefficient (Wildman–Crippen LogP) is -0.0866. The molecular weight excluding hydrogens is 154 g/mol. The Labute approximate surface area is 73.1 Å². The first-order valence-corrected chi connectivity index (χ1v) is 4.41. The standard InChI is InChI=1S/C8H17N3O/c1-6-3-7(5-10-4-6)11-8(12)9-2/h6-7,10H,3-5H2,1-2H3,(H2,9,11,12). The van der Waals surface area contributed by atoms with Crippen LogP contribution in [0.25, 0.3) is 0 Å². The van der Waals surface area contributed by atoms with Crippen LogP contribution >= 0.6 is 0 Å². The molecule has 0 aromatic rings. The molecule has 4 heteroatoms. The molecule has 4 nitrogen and oxygen atoms in total. The van der Waals surface area contributed by atoms with Crippen molar-refractivity contribution in [3.8, 4) is 0 Å². The van der Waals surface area contributed by atoms with Gasteiger partial charge in [0.2, 0.25) is 0 Å². The summed E-state index contributed by atoms with van der Waals surface area (Å²) in [6, 6.07) is 0.199. The lowest BCUT2D eigenvalue weighted by Gasteiger charge is -2.28. The van der Waals surface area contributed by atoms with E-state index in [0.717, 1.165) is 19.5 Å². The zero-order valence-corrected chi connectivity index (χ0v) is 7.68. The quantitative estimate of drug-likeness (QED) is 0.516. The fourth-order valence-corrected chi connectivity index (χ4v) is 1.52. The molecule has 0 spiro atoms. The topological polar surface area (TPSA) is 53.2 Å². The summed E-state index contributed by atoms with van der Waals surface area (Å²) in [6.45, 7) is 4.13. The average molecular weight is 171 g/mol. The van der Waals surface area contributed by atoms with E-state index >= 15 is 0 Å². The number of hydrogen-bond donors (Lipinski definition) is 3. The first-order chi connectivity index (χ1) is 5.72. The van der Waals surface area contributed by atoms with E-state index in [2.05, 4.69) is 22.9 Å². The Bertz CT molecular complexity index is 160. The van der Waals surface area contributed by atoms with Crippen LogP contribution in [0.3, 0.4) is 0 Å². The van der Waals surface area contributed by atoms with Gasteiger partial charge >= 0.3 is 6.03 Å². The van der Waals surface area contributed by atoms with Crippen molar-refractivity contribution < 1.29 is 4.79 Å². The lowest BCUT2D eigenvalue weighted by Crippen LogP contribution is -2.50. The summed E-state index contributed by atoms with van der Waals surface area (Å²) in [5.41, 5.74) is 0. The van der Waals surface area contributed by atoms with Gasteiger partial charge in [0.05, 0.1) is 0 Å². The molecule has 1 heterocycles. The Kier molecular flexibility index (Phi) is 3.34. The molecular formula is C8H17N3O. The van der Waals surface area contributed by atoms with Crippen molar-refractivity contribution in [2.75, 3.05) is 20.1 Å². The highest BCUT2D eigenvalue weighted by Gasteiger charge is 2.19. The SMILES string of the molecule is CNC(=O)NC1CNCC(C)C1. The number of urea groups is 1. The third kappa shape index (κ3) is 2.70. The molecule has 2 atom stereocenters. The van der Waals surface area contributed by atoms with Gasteiger partial charge in [0, 0.05) is 19.6 Å². The number of piperidine rings is 1. The summed E-state index contributed by atoms with van der Waals surface area (Å²) in [6.07, 6.45) is 1.07. The molecule has 1 rings (SSSR count). The molecule has 12 heavy (non-hydrogen) atoms. The first-order valence-electron chi connectivity index (χ1n) is 4.41. The normalized spacial score (nSPS) is 29.5. The minimum Gasteiger partial charge on any atom is -0.341 e. The lowest BCUT2D eigenvalue weighted by atomic mass is 9.98. The molecule has 0 aliphatic carbocycles. The highest BCUT2D eigenvalue weighted by atomic mass is 16.2. The van der Waals surface area contributed by atoms with Gasteiger partial charge < -0.3 is 16.0 Å². The molecule has 1 aliphatic rings. The van der Waals surface area contributed by atoms with Crippen molar-refractivity contribution in [3.05, 3.63) is 0 Å². The molecule has 0 radical (unpaired) electrons. The summed E-state index contributed by atoms with van der Waals surface area (Å²) in [5.74, 6) is 0.654. The third-order valence-electron chi connectivity index (χ3n) is 2.13. The maximum absolute atomic E-state index is 10.9. The van der Waals surface area contributed by atoms with E-state index < -0.39 is 0 Å². The second-order valence-corrected chi connectivity index (χ2v) is 3.42. The van der Waals surface area contributed by atoms with Crippen LogP contribution in [0.5, 0.6) is 0 Å². The highest BCUT2D eigenvalue weighted by Crippen LogP contribution is 2.08. The fourth-order valence-electron chi connectivity index (χ4n) is 1.52. The minimum absolute atomic E-state index is 0.0871. The molecule has 1 fully saturated rings. The van der Waals surface area contributed by atoms with Crippen molar-refractivity contribution >= 4 is 6.03 Å². The number of carbonyl (C=O) groups excluding carboxylic acids is 1. The van der Waals surface area contributed by atoms with Crippen LogP contribution in [0, 0.1) is 5.92 Å². The van der Waals surface area contributed by atoms with Gasteiger partial charge in [-0.05, 0) is 18.9 Å². The number of carbonyl (C=O) groups is 1. The van der Waals surface area contributed by atoms with Crippen LogP contribution in [0.4, 0.5) is 4.79 Å². The van der Waals surface area contributed by atoms with Gasteiger partial charge in [0.15, 0.2) is 0 Å². The van der Waals surface area contributed by atoms with Crippen LogP contribution in [-0.4, -0.2) is 32.2 Å². The highest BCUT2D eigenvalue weighted by molar-refractivity contribution is 5.73. The first kappa shape index (κ1) is 9.32. The molecule has 70 valence electrons. The van der Waals surface area contributed by atoms with Crippen LogP contribution in [0.1, 0.15) is 13.3 Å². The van der Waals surface area contributed by atoms with Gasteiger partial charge in [-0.15, -0.1) is 0 Å². The molecule has 2 unspecified atom stereocenters. The predicted molar refractivity (Wildman–Crippen MR) is 48.0 cm³/mol. The van der Waals surface area contributed by atoms with E-state index in [0.29, 0.717) is 5.92 Å². The Hall–Kier alpha value is -0.770. The van der Waals surface area contributed by atoms with Crippen LogP contribution in [0.15, 0.2) is 0 Å². The second-order valence-electron chi connectivity index (χ2n) is 3.42. The summed E-state index contributed by atoms with van der Waals surface area (Å²) in [7, 11) is 1.63. The van der Waals surface area contributed by atoms with Crippen molar-refractivity contribution in [1.82, 2.24) is 16.0 Å². The molecule has 0 saturated carbocycles. The number of hydrogen-bond acceptors (Lipinski definition) is 2. The molecule has 1 saturated heterocycles. The second kappa shape index (κ2) is 4.30. The summed E-state index contributed by atoms with van der Waals surface area (Å²) in [4.78, 5) is 10.9. The van der Waals surface area contributed by atoms with E-state index in [1.165, 1.54) is 0 Å². The van der Waals surface area contributed by atoms with E-state index in [1.807, 2.05) is 0 Å². The average Bonchev–Trinajstić information content (AvgIpc) is 2.04. The van der Waals surface area contributed by atoms with Crippen molar-refractivity contribution in [2.24, 2.45) is 5.92 Å². The molecule has 3 N–H and O–H groups in total. The Morgan fingerprint density at radius 1 is 1.50 bits per heavy atom. The van der Waals surface area contributed by atoms with Gasteiger partial charge in [-0.1, -0.05) is 6.92 Å². The molecule has 2 amide bonds. The monoisotopic (exact) mass is 171 g/mol. The van der Waals surface area contributed by atoms with Crippen LogP contribution in [-0.2, 0) is 0 Å². The van der Waals surface area contributed by atoms with Gasteiger partial charge in [-0.25, -0.2) is 4.79 Å². The Morgan fingerprint density at radius 3 is 2.83 bits per heavy atom. The molecule has 0 bridgehead atoms. The van der Waals surface area contributed by atoms with Gasteiger partial charge in [0.25, 0.3) is 0 Å². The van der Waals surface area contributed by atoms with Gasteiger partial charge in [-0.3, -0.25) is 0 Å². The van der Waals surface area contributed by atoms with Crippen LogP contribution in [0.2, 0.25) is 0 Å². The number of rotatable bonds is 1. The summed E-state index contributed by atoms with van der Waals surface area (Å²) < 4.78 is 0. The smallest absolute Gasteiger partial charge is 0.314 e. The fraction of sp³-hybridized carbons (Fsp3) is 0.875. The van der Waals surface area contributed by atoms with E-state index in [-0.39, 0.29) is 12.1 Å². The van der Waals surface area contributed by atoms with Gasteiger partial charge in [0.1, 0.15) is 0 Å². The third-order valence-corrected chi connectivity index (χ3v) is 2.13. The van der Waals surface area contributed by atoms with Crippen molar-refractivity contribution in [2.45, 2.75) is 19.4 Å². The van der Waals surface area contributed by atoms with Crippen molar-refractivity contribution in [3.63, 3.8) is 0 Å². The molecule has 0 aromatic heterocycles. The zero-order chi connectivity index (χ0) is 8.97. The maximum Gasteiger partial charge on any atom is 0.314 e. The minimum atomic E-state index is -0.0871. The zero-order valence-electron chi connectivity index (χ0n) is 7.68. The van der Waals surface area contributed by atoms with Gasteiger partial charge in [-0.2, -0.15) is 0 Å². The Morgan fingerprint density at radius 2 is 2.25 bits per heavy atom. The van der Waals surface area contributed by atoms with E-state index in [9.17, 15) is 4.79 Å². The van der Waals surface area contributed by atoms with E-state index in [4.69, 9.17) is 0 Å².